The zero-order valence-corrected chi connectivity index (χ0v) is 16.1. The molecule has 28 heavy (non-hydrogen) atoms. The van der Waals surface area contributed by atoms with Crippen LogP contribution in [0.1, 0.15) is 34.6 Å². The van der Waals surface area contributed by atoms with Gasteiger partial charge in [-0.3, -0.25) is 9.59 Å². The van der Waals surface area contributed by atoms with Crippen molar-refractivity contribution < 1.29 is 19.1 Å². The van der Waals surface area contributed by atoms with E-state index in [1.165, 1.54) is 11.8 Å². The Bertz CT molecular complexity index is 1100. The van der Waals surface area contributed by atoms with Crippen LogP contribution < -0.4 is 5.32 Å². The van der Waals surface area contributed by atoms with Gasteiger partial charge in [-0.15, -0.1) is 11.8 Å². The Morgan fingerprint density at radius 3 is 2.79 bits per heavy atom. The van der Waals surface area contributed by atoms with Crippen molar-refractivity contribution in [1.29, 1.82) is 0 Å². The van der Waals surface area contributed by atoms with E-state index in [1.54, 1.807) is 31.3 Å². The minimum atomic E-state index is -0.938. The molecule has 7 heteroatoms. The Hall–Kier alpha value is -3.06. The van der Waals surface area contributed by atoms with Crippen LogP contribution in [0, 0.1) is 0 Å². The summed E-state index contributed by atoms with van der Waals surface area (Å²) in [6, 6.07) is 12.5. The van der Waals surface area contributed by atoms with Gasteiger partial charge in [0, 0.05) is 27.6 Å². The van der Waals surface area contributed by atoms with Gasteiger partial charge in [0.1, 0.15) is 0 Å². The molecule has 0 saturated carbocycles. The summed E-state index contributed by atoms with van der Waals surface area (Å²) in [5.41, 5.74) is 2.20. The molecule has 0 spiro atoms. The van der Waals surface area contributed by atoms with Crippen molar-refractivity contribution in [2.75, 3.05) is 5.32 Å². The summed E-state index contributed by atoms with van der Waals surface area (Å²) >= 11 is 1.44. The third-order valence-corrected chi connectivity index (χ3v) is 5.83. The summed E-state index contributed by atoms with van der Waals surface area (Å²) in [7, 11) is 0. The molecule has 1 aliphatic rings. The number of para-hydroxylation sites is 1. The van der Waals surface area contributed by atoms with Gasteiger partial charge in [0.2, 0.25) is 11.7 Å². The van der Waals surface area contributed by atoms with Crippen molar-refractivity contribution in [3.63, 3.8) is 0 Å². The number of hydrogen-bond acceptors (Lipinski definition) is 5. The highest BCUT2D eigenvalue weighted by Gasteiger charge is 2.26. The predicted octanol–water partition coefficient (Wildman–Crippen LogP) is 4.03. The number of aromatic amines is 1. The monoisotopic (exact) mass is 394 g/mol. The molecule has 2 N–H and O–H groups in total. The SMILES string of the molecule is C[C@H](OC(=O)c1ccc2c(c1)NC(=O)[C@@H](C)S2)C(=O)c1c[nH]c2ccccc12. The molecule has 2 heterocycles. The number of esters is 1. The zero-order valence-electron chi connectivity index (χ0n) is 15.3. The fourth-order valence-electron chi connectivity index (χ4n) is 3.11. The first kappa shape index (κ1) is 18.3. The highest BCUT2D eigenvalue weighted by molar-refractivity contribution is 8.00. The third-order valence-electron chi connectivity index (χ3n) is 4.65. The molecule has 142 valence electrons. The number of anilines is 1. The van der Waals surface area contributed by atoms with E-state index in [-0.39, 0.29) is 22.5 Å². The molecule has 2 aromatic carbocycles. The van der Waals surface area contributed by atoms with Crippen LogP contribution in [0.3, 0.4) is 0 Å². The number of Topliss-reactive ketones (excluding diaryl/α,β-unsaturated/α-hetero) is 1. The number of H-pyrrole nitrogens is 1. The number of rotatable bonds is 4. The maximum Gasteiger partial charge on any atom is 0.338 e. The maximum atomic E-state index is 12.7. The average Bonchev–Trinajstić information content (AvgIpc) is 3.12. The summed E-state index contributed by atoms with van der Waals surface area (Å²) in [4.78, 5) is 41.1. The van der Waals surface area contributed by atoms with Crippen molar-refractivity contribution in [1.82, 2.24) is 4.98 Å². The molecule has 2 atom stereocenters. The molecule has 1 aliphatic heterocycles. The molecule has 0 aliphatic carbocycles. The van der Waals surface area contributed by atoms with Crippen molar-refractivity contribution in [3.8, 4) is 0 Å². The van der Waals surface area contributed by atoms with E-state index in [9.17, 15) is 14.4 Å². The standard InChI is InChI=1S/C21H18N2O4S/c1-11(19(24)15-10-22-16-6-4-3-5-14(15)16)27-21(26)13-7-8-18-17(9-13)23-20(25)12(2)28-18/h3-12,22H,1-2H3,(H,23,25)/t11-,12+/m0/s1. The van der Waals surface area contributed by atoms with Crippen LogP contribution in [0.4, 0.5) is 5.69 Å². The molecule has 0 fully saturated rings. The molecule has 0 bridgehead atoms. The molecular formula is C21H18N2O4S. The van der Waals surface area contributed by atoms with Crippen molar-refractivity contribution in [2.45, 2.75) is 30.1 Å². The topological polar surface area (TPSA) is 88.3 Å². The number of ether oxygens (including phenoxy) is 1. The van der Waals surface area contributed by atoms with Crippen LogP contribution in [0.25, 0.3) is 10.9 Å². The normalized spacial score (nSPS) is 16.9. The highest BCUT2D eigenvalue weighted by atomic mass is 32.2. The maximum absolute atomic E-state index is 12.7. The van der Waals surface area contributed by atoms with Crippen LogP contribution in [0.2, 0.25) is 0 Å². The van der Waals surface area contributed by atoms with Crippen LogP contribution in [0.15, 0.2) is 53.6 Å². The van der Waals surface area contributed by atoms with Gasteiger partial charge in [-0.1, -0.05) is 18.2 Å². The average molecular weight is 394 g/mol. The smallest absolute Gasteiger partial charge is 0.338 e. The molecule has 3 aromatic rings. The van der Waals surface area contributed by atoms with E-state index in [0.717, 1.165) is 15.8 Å². The molecule has 1 aromatic heterocycles. The number of aromatic nitrogens is 1. The lowest BCUT2D eigenvalue weighted by Gasteiger charge is -2.21. The number of carbonyl (C=O) groups excluding carboxylic acids is 3. The van der Waals surface area contributed by atoms with Crippen LogP contribution in [-0.2, 0) is 9.53 Å². The van der Waals surface area contributed by atoms with E-state index >= 15 is 0 Å². The molecule has 0 radical (unpaired) electrons. The van der Waals surface area contributed by atoms with E-state index in [0.29, 0.717) is 11.3 Å². The summed E-state index contributed by atoms with van der Waals surface area (Å²) in [5.74, 6) is -0.992. The Morgan fingerprint density at radius 1 is 1.18 bits per heavy atom. The fourth-order valence-corrected chi connectivity index (χ4v) is 4.04. The largest absolute Gasteiger partial charge is 0.451 e. The van der Waals surface area contributed by atoms with Crippen LogP contribution in [0.5, 0.6) is 0 Å². The van der Waals surface area contributed by atoms with Gasteiger partial charge >= 0.3 is 5.97 Å². The van der Waals surface area contributed by atoms with Gasteiger partial charge in [0.05, 0.1) is 16.5 Å². The second-order valence-corrected chi connectivity index (χ2v) is 8.00. The lowest BCUT2D eigenvalue weighted by Crippen LogP contribution is -2.27. The summed E-state index contributed by atoms with van der Waals surface area (Å²) < 4.78 is 5.39. The van der Waals surface area contributed by atoms with Gasteiger partial charge in [-0.05, 0) is 38.1 Å². The Balaban J connectivity index is 1.51. The lowest BCUT2D eigenvalue weighted by molar-refractivity contribution is -0.115. The highest BCUT2D eigenvalue weighted by Crippen LogP contribution is 2.36. The minimum absolute atomic E-state index is 0.106. The van der Waals surface area contributed by atoms with Crippen LogP contribution in [-0.4, -0.2) is 34.0 Å². The van der Waals surface area contributed by atoms with Gasteiger partial charge < -0.3 is 15.0 Å². The molecular weight excluding hydrogens is 376 g/mol. The van der Waals surface area contributed by atoms with E-state index in [4.69, 9.17) is 4.74 Å². The second kappa shape index (κ2) is 7.16. The molecule has 0 saturated heterocycles. The summed E-state index contributed by atoms with van der Waals surface area (Å²) in [6.07, 6.45) is 0.691. The molecule has 0 unspecified atom stereocenters. The second-order valence-electron chi connectivity index (χ2n) is 6.62. The predicted molar refractivity (Wildman–Crippen MR) is 108 cm³/mol. The number of amides is 1. The van der Waals surface area contributed by atoms with Gasteiger partial charge in [-0.25, -0.2) is 4.79 Å². The number of nitrogens with one attached hydrogen (secondary N) is 2. The number of benzene rings is 2. The van der Waals surface area contributed by atoms with Crippen LogP contribution >= 0.6 is 11.8 Å². The van der Waals surface area contributed by atoms with E-state index in [1.807, 2.05) is 31.2 Å². The zero-order chi connectivity index (χ0) is 19.8. The fraction of sp³-hybridized carbons (Fsp3) is 0.190. The van der Waals surface area contributed by atoms with E-state index in [2.05, 4.69) is 10.3 Å². The van der Waals surface area contributed by atoms with Crippen molar-refractivity contribution in [3.05, 3.63) is 59.8 Å². The van der Waals surface area contributed by atoms with Gasteiger partial charge in [-0.2, -0.15) is 0 Å². The number of fused-ring (bicyclic) bond motifs is 2. The molecule has 4 rings (SSSR count). The summed E-state index contributed by atoms with van der Waals surface area (Å²) in [6.45, 7) is 3.38. The first-order valence-electron chi connectivity index (χ1n) is 8.87. The minimum Gasteiger partial charge on any atom is -0.451 e. The van der Waals surface area contributed by atoms with Gasteiger partial charge in [0.25, 0.3) is 0 Å². The molecule has 6 nitrogen and oxygen atoms in total. The first-order valence-corrected chi connectivity index (χ1v) is 9.75. The molecule has 1 amide bonds. The summed E-state index contributed by atoms with van der Waals surface area (Å²) in [5, 5.41) is 3.39. The Kier molecular flexibility index (Phi) is 4.68. The van der Waals surface area contributed by atoms with Crippen molar-refractivity contribution >= 4 is 46.0 Å². The number of ketones is 1. The van der Waals surface area contributed by atoms with Crippen molar-refractivity contribution in [2.24, 2.45) is 0 Å². The quantitative estimate of drug-likeness (QED) is 0.515. The third kappa shape index (κ3) is 3.29. The number of thioether (sulfide) groups is 1. The van der Waals surface area contributed by atoms with Gasteiger partial charge in [0.15, 0.2) is 6.10 Å². The first-order chi connectivity index (χ1) is 13.4. The lowest BCUT2D eigenvalue weighted by atomic mass is 10.1. The number of hydrogen-bond donors (Lipinski definition) is 2. The Labute approximate surface area is 165 Å². The Morgan fingerprint density at radius 2 is 1.96 bits per heavy atom. The number of carbonyl (C=O) groups is 3. The van der Waals surface area contributed by atoms with E-state index < -0.39 is 12.1 Å².